The van der Waals surface area contributed by atoms with E-state index in [0.717, 1.165) is 18.6 Å². The van der Waals surface area contributed by atoms with Gasteiger partial charge in [-0.15, -0.1) is 0 Å². The molecule has 0 amide bonds. The Balaban J connectivity index is 1.83. The third kappa shape index (κ3) is 3.83. The van der Waals surface area contributed by atoms with Crippen LogP contribution in [0.3, 0.4) is 0 Å². The van der Waals surface area contributed by atoms with Crippen molar-refractivity contribution in [2.45, 2.75) is 13.0 Å². The second-order valence-electron chi connectivity index (χ2n) is 4.29. The monoisotopic (exact) mass is 265 g/mol. The van der Waals surface area contributed by atoms with Gasteiger partial charge in [0, 0.05) is 6.54 Å². The number of nitrogens with one attached hydrogen (secondary N) is 1. The van der Waals surface area contributed by atoms with Crippen LogP contribution in [0, 0.1) is 17.5 Å². The van der Waals surface area contributed by atoms with E-state index in [1.54, 1.807) is 0 Å². The van der Waals surface area contributed by atoms with Crippen molar-refractivity contribution in [1.29, 1.82) is 0 Å². The van der Waals surface area contributed by atoms with Gasteiger partial charge in [-0.05, 0) is 36.2 Å². The van der Waals surface area contributed by atoms with E-state index in [1.807, 2.05) is 30.3 Å². The fourth-order valence-electron chi connectivity index (χ4n) is 1.82. The van der Waals surface area contributed by atoms with Gasteiger partial charge < -0.3 is 5.32 Å². The summed E-state index contributed by atoms with van der Waals surface area (Å²) in [5, 5.41) is 3.07. The Kier molecular flexibility index (Phi) is 4.58. The summed E-state index contributed by atoms with van der Waals surface area (Å²) < 4.78 is 38.7. The Morgan fingerprint density at radius 1 is 0.842 bits per heavy atom. The predicted octanol–water partition coefficient (Wildman–Crippen LogP) is 3.44. The fourth-order valence-corrected chi connectivity index (χ4v) is 1.82. The summed E-state index contributed by atoms with van der Waals surface area (Å²) in [6.07, 6.45) is 0.826. The molecular weight excluding hydrogens is 251 g/mol. The summed E-state index contributed by atoms with van der Waals surface area (Å²) >= 11 is 0. The lowest BCUT2D eigenvalue weighted by molar-refractivity contribution is 0.444. The Hall–Kier alpha value is -1.81. The maximum Gasteiger partial charge on any atom is 0.194 e. The maximum absolute atomic E-state index is 13.0. The Morgan fingerprint density at radius 2 is 1.47 bits per heavy atom. The zero-order valence-corrected chi connectivity index (χ0v) is 10.3. The molecule has 0 bridgehead atoms. The van der Waals surface area contributed by atoms with Crippen LogP contribution in [0.1, 0.15) is 11.1 Å². The zero-order chi connectivity index (χ0) is 13.7. The van der Waals surface area contributed by atoms with Gasteiger partial charge in [-0.3, -0.25) is 0 Å². The fraction of sp³-hybridized carbons (Fsp3) is 0.200. The number of halogens is 3. The Morgan fingerprint density at radius 3 is 2.11 bits per heavy atom. The molecule has 0 spiro atoms. The van der Waals surface area contributed by atoms with E-state index >= 15 is 0 Å². The van der Waals surface area contributed by atoms with Crippen molar-refractivity contribution in [3.63, 3.8) is 0 Å². The normalized spacial score (nSPS) is 10.7. The molecule has 0 heterocycles. The molecule has 0 saturated heterocycles. The Labute approximate surface area is 110 Å². The van der Waals surface area contributed by atoms with Gasteiger partial charge in [-0.2, -0.15) is 0 Å². The molecule has 2 aromatic rings. The molecule has 0 radical (unpaired) electrons. The molecule has 0 fully saturated rings. The Bertz CT molecular complexity index is 517. The van der Waals surface area contributed by atoms with Crippen molar-refractivity contribution in [2.75, 3.05) is 6.54 Å². The second kappa shape index (κ2) is 6.38. The van der Waals surface area contributed by atoms with Gasteiger partial charge in [0.15, 0.2) is 17.5 Å². The second-order valence-corrected chi connectivity index (χ2v) is 4.29. The molecule has 2 aromatic carbocycles. The van der Waals surface area contributed by atoms with Gasteiger partial charge in [0.25, 0.3) is 0 Å². The van der Waals surface area contributed by atoms with E-state index in [9.17, 15) is 13.2 Å². The highest BCUT2D eigenvalue weighted by atomic mass is 19.2. The van der Waals surface area contributed by atoms with Gasteiger partial charge >= 0.3 is 0 Å². The molecule has 0 unspecified atom stereocenters. The van der Waals surface area contributed by atoms with E-state index in [0.29, 0.717) is 18.7 Å². The molecule has 0 aliphatic heterocycles. The molecule has 2 rings (SSSR count). The first-order valence-corrected chi connectivity index (χ1v) is 6.05. The van der Waals surface area contributed by atoms with Crippen molar-refractivity contribution in [1.82, 2.24) is 5.32 Å². The van der Waals surface area contributed by atoms with E-state index < -0.39 is 17.5 Å². The summed E-state index contributed by atoms with van der Waals surface area (Å²) in [6.45, 7) is 0.992. The van der Waals surface area contributed by atoms with E-state index in [1.165, 1.54) is 5.56 Å². The molecule has 0 aliphatic rings. The van der Waals surface area contributed by atoms with Crippen LogP contribution in [0.5, 0.6) is 0 Å². The topological polar surface area (TPSA) is 12.0 Å². The lowest BCUT2D eigenvalue weighted by Crippen LogP contribution is -2.17. The van der Waals surface area contributed by atoms with Gasteiger partial charge in [0.1, 0.15) is 0 Å². The third-order valence-corrected chi connectivity index (χ3v) is 2.81. The highest BCUT2D eigenvalue weighted by molar-refractivity contribution is 5.19. The van der Waals surface area contributed by atoms with Crippen LogP contribution in [0.25, 0.3) is 0 Å². The summed E-state index contributed by atoms with van der Waals surface area (Å²) in [5.74, 6) is -3.73. The van der Waals surface area contributed by atoms with Crippen LogP contribution in [-0.4, -0.2) is 6.54 Å². The van der Waals surface area contributed by atoms with Crippen LogP contribution >= 0.6 is 0 Å². The van der Waals surface area contributed by atoms with Crippen molar-refractivity contribution in [3.05, 3.63) is 71.0 Å². The molecule has 1 nitrogen and oxygen atoms in total. The average molecular weight is 265 g/mol. The summed E-state index contributed by atoms with van der Waals surface area (Å²) in [7, 11) is 0. The molecule has 100 valence electrons. The maximum atomic E-state index is 13.0. The molecule has 0 saturated carbocycles. The van der Waals surface area contributed by atoms with Crippen molar-refractivity contribution < 1.29 is 13.2 Å². The minimum Gasteiger partial charge on any atom is -0.312 e. The molecule has 19 heavy (non-hydrogen) atoms. The standard InChI is InChI=1S/C15H14F3N/c16-13-8-12(9-14(17)15(13)18)10-19-7-6-11-4-2-1-3-5-11/h1-5,8-9,19H,6-7,10H2. The molecule has 0 atom stereocenters. The van der Waals surface area contributed by atoms with Crippen molar-refractivity contribution in [3.8, 4) is 0 Å². The van der Waals surface area contributed by atoms with E-state index in [-0.39, 0.29) is 0 Å². The minimum absolute atomic E-state index is 0.307. The first-order valence-electron chi connectivity index (χ1n) is 6.05. The van der Waals surface area contributed by atoms with Crippen LogP contribution in [0.15, 0.2) is 42.5 Å². The van der Waals surface area contributed by atoms with Crippen LogP contribution in [-0.2, 0) is 13.0 Å². The average Bonchev–Trinajstić information content (AvgIpc) is 2.42. The van der Waals surface area contributed by atoms with Crippen LogP contribution in [0.2, 0.25) is 0 Å². The van der Waals surface area contributed by atoms with E-state index in [4.69, 9.17) is 0 Å². The quantitative estimate of drug-likeness (QED) is 0.645. The lowest BCUT2D eigenvalue weighted by Gasteiger charge is -2.06. The van der Waals surface area contributed by atoms with Gasteiger partial charge in [0.05, 0.1) is 0 Å². The zero-order valence-electron chi connectivity index (χ0n) is 10.3. The largest absolute Gasteiger partial charge is 0.312 e. The molecule has 1 N–H and O–H groups in total. The number of hydrogen-bond donors (Lipinski definition) is 1. The molecular formula is C15H14F3N. The molecule has 0 aromatic heterocycles. The first-order chi connectivity index (χ1) is 9.16. The SMILES string of the molecule is Fc1cc(CNCCc2ccccc2)cc(F)c1F. The van der Waals surface area contributed by atoms with Crippen molar-refractivity contribution in [2.24, 2.45) is 0 Å². The van der Waals surface area contributed by atoms with Crippen LogP contribution in [0.4, 0.5) is 13.2 Å². The number of hydrogen-bond acceptors (Lipinski definition) is 1. The summed E-state index contributed by atoms with van der Waals surface area (Å²) in [6, 6.07) is 11.9. The first kappa shape index (κ1) is 13.6. The summed E-state index contributed by atoms with van der Waals surface area (Å²) in [4.78, 5) is 0. The summed E-state index contributed by atoms with van der Waals surface area (Å²) in [5.41, 5.74) is 1.58. The van der Waals surface area contributed by atoms with Gasteiger partial charge in [0.2, 0.25) is 0 Å². The third-order valence-electron chi connectivity index (χ3n) is 2.81. The lowest BCUT2D eigenvalue weighted by atomic mass is 10.1. The minimum atomic E-state index is -1.42. The number of rotatable bonds is 5. The highest BCUT2D eigenvalue weighted by Crippen LogP contribution is 2.13. The molecule has 0 aliphatic carbocycles. The number of benzene rings is 2. The van der Waals surface area contributed by atoms with E-state index in [2.05, 4.69) is 5.32 Å². The van der Waals surface area contributed by atoms with Gasteiger partial charge in [-0.1, -0.05) is 30.3 Å². The highest BCUT2D eigenvalue weighted by Gasteiger charge is 2.09. The smallest absolute Gasteiger partial charge is 0.194 e. The van der Waals surface area contributed by atoms with Crippen LogP contribution < -0.4 is 5.32 Å². The predicted molar refractivity (Wildman–Crippen MR) is 68.2 cm³/mol. The molecule has 4 heteroatoms. The van der Waals surface area contributed by atoms with Gasteiger partial charge in [-0.25, -0.2) is 13.2 Å². The van der Waals surface area contributed by atoms with Crippen molar-refractivity contribution >= 4 is 0 Å².